The van der Waals surface area contributed by atoms with Gasteiger partial charge in [0.15, 0.2) is 5.82 Å². The predicted octanol–water partition coefficient (Wildman–Crippen LogP) is 2.22. The predicted molar refractivity (Wildman–Crippen MR) is 69.0 cm³/mol. The van der Waals surface area contributed by atoms with Crippen LogP contribution in [0.2, 0.25) is 10.0 Å². The largest absolute Gasteiger partial charge is 0.307 e. The average Bonchev–Trinajstić information content (AvgIpc) is 3.08. The van der Waals surface area contributed by atoms with Gasteiger partial charge in [-0.3, -0.25) is 0 Å². The van der Waals surface area contributed by atoms with Crippen LogP contribution in [0.1, 0.15) is 18.7 Å². The molecule has 0 unspecified atom stereocenters. The molecule has 0 saturated heterocycles. The van der Waals surface area contributed by atoms with Gasteiger partial charge in [-0.2, -0.15) is 4.68 Å². The van der Waals surface area contributed by atoms with Gasteiger partial charge in [0, 0.05) is 6.04 Å². The molecule has 1 N–H and O–H groups in total. The lowest BCUT2D eigenvalue weighted by atomic mass is 10.3. The zero-order valence-corrected chi connectivity index (χ0v) is 11.0. The Balaban J connectivity index is 1.90. The lowest BCUT2D eigenvalue weighted by molar-refractivity contribution is 0.638. The maximum Gasteiger partial charge on any atom is 0.170 e. The summed E-state index contributed by atoms with van der Waals surface area (Å²) in [4.78, 5) is 0. The molecule has 1 aliphatic carbocycles. The first-order chi connectivity index (χ1) is 8.75. The summed E-state index contributed by atoms with van der Waals surface area (Å²) in [7, 11) is 0. The summed E-state index contributed by atoms with van der Waals surface area (Å²) >= 11 is 12.2. The van der Waals surface area contributed by atoms with Crippen molar-refractivity contribution in [1.82, 2.24) is 25.5 Å². The zero-order chi connectivity index (χ0) is 12.5. The first-order valence-electron chi connectivity index (χ1n) is 5.71. The zero-order valence-electron chi connectivity index (χ0n) is 9.48. The van der Waals surface area contributed by atoms with E-state index in [0.29, 0.717) is 28.3 Å². The normalized spacial score (nSPS) is 15.0. The molecule has 3 rings (SSSR count). The van der Waals surface area contributed by atoms with Gasteiger partial charge in [-0.25, -0.2) is 0 Å². The van der Waals surface area contributed by atoms with E-state index < -0.39 is 0 Å². The quantitative estimate of drug-likeness (QED) is 0.935. The molecule has 0 bridgehead atoms. The molecule has 0 aliphatic heterocycles. The third-order valence-corrected chi connectivity index (χ3v) is 3.63. The van der Waals surface area contributed by atoms with Crippen LogP contribution in [0, 0.1) is 0 Å². The minimum atomic E-state index is 0.458. The summed E-state index contributed by atoms with van der Waals surface area (Å²) in [5, 5.41) is 16.0. The van der Waals surface area contributed by atoms with E-state index in [1.54, 1.807) is 10.7 Å². The molecule has 94 valence electrons. The Hall–Kier alpha value is -1.17. The van der Waals surface area contributed by atoms with Gasteiger partial charge < -0.3 is 5.32 Å². The molecule has 0 amide bonds. The van der Waals surface area contributed by atoms with E-state index in [-0.39, 0.29) is 0 Å². The monoisotopic (exact) mass is 283 g/mol. The fourth-order valence-corrected chi connectivity index (χ4v) is 2.06. The average molecular weight is 284 g/mol. The van der Waals surface area contributed by atoms with Crippen LogP contribution >= 0.6 is 23.2 Å². The molecule has 1 saturated carbocycles. The lowest BCUT2D eigenvalue weighted by Crippen LogP contribution is -2.19. The highest BCUT2D eigenvalue weighted by molar-refractivity contribution is 6.43. The van der Waals surface area contributed by atoms with Crippen LogP contribution in [0.15, 0.2) is 18.2 Å². The van der Waals surface area contributed by atoms with Crippen LogP contribution in [0.4, 0.5) is 0 Å². The van der Waals surface area contributed by atoms with Crippen LogP contribution < -0.4 is 5.32 Å². The highest BCUT2D eigenvalue weighted by Crippen LogP contribution is 2.28. The van der Waals surface area contributed by atoms with Crippen molar-refractivity contribution < 1.29 is 0 Å². The first-order valence-corrected chi connectivity index (χ1v) is 6.46. The summed E-state index contributed by atoms with van der Waals surface area (Å²) in [6.45, 7) is 0.626. The molecule has 1 aromatic carbocycles. The maximum atomic E-state index is 6.16. The Kier molecular flexibility index (Phi) is 3.20. The van der Waals surface area contributed by atoms with Crippen molar-refractivity contribution in [2.45, 2.75) is 25.4 Å². The molecule has 1 heterocycles. The molecule has 0 atom stereocenters. The lowest BCUT2D eigenvalue weighted by Gasteiger charge is -2.07. The van der Waals surface area contributed by atoms with Gasteiger partial charge in [0.1, 0.15) is 0 Å². The van der Waals surface area contributed by atoms with Gasteiger partial charge in [0.05, 0.1) is 22.3 Å². The van der Waals surface area contributed by atoms with Crippen molar-refractivity contribution in [3.05, 3.63) is 34.1 Å². The Morgan fingerprint density at radius 2 is 2.17 bits per heavy atom. The number of halogens is 2. The van der Waals surface area contributed by atoms with Crippen molar-refractivity contribution in [2.75, 3.05) is 0 Å². The Morgan fingerprint density at radius 3 is 2.94 bits per heavy atom. The van der Waals surface area contributed by atoms with E-state index in [1.165, 1.54) is 12.8 Å². The minimum Gasteiger partial charge on any atom is -0.307 e. The molecule has 1 aliphatic rings. The van der Waals surface area contributed by atoms with Gasteiger partial charge >= 0.3 is 0 Å². The van der Waals surface area contributed by atoms with Crippen LogP contribution in [0.5, 0.6) is 0 Å². The SMILES string of the molecule is Clc1cccc(-n2nnnc2CNC2CC2)c1Cl. The van der Waals surface area contributed by atoms with Crippen LogP contribution in [0.25, 0.3) is 5.69 Å². The Morgan fingerprint density at radius 1 is 1.33 bits per heavy atom. The van der Waals surface area contributed by atoms with E-state index in [0.717, 1.165) is 5.82 Å². The van der Waals surface area contributed by atoms with E-state index in [1.807, 2.05) is 12.1 Å². The Labute approximate surface area is 114 Å². The highest BCUT2D eigenvalue weighted by atomic mass is 35.5. The summed E-state index contributed by atoms with van der Waals surface area (Å²) in [5.74, 6) is 0.728. The van der Waals surface area contributed by atoms with Gasteiger partial charge in [0.25, 0.3) is 0 Å². The highest BCUT2D eigenvalue weighted by Gasteiger charge is 2.21. The number of hydrogen-bond donors (Lipinski definition) is 1. The third-order valence-electron chi connectivity index (χ3n) is 2.82. The van der Waals surface area contributed by atoms with Crippen molar-refractivity contribution >= 4 is 23.2 Å². The second-order valence-electron chi connectivity index (χ2n) is 4.24. The topological polar surface area (TPSA) is 55.6 Å². The van der Waals surface area contributed by atoms with Gasteiger partial charge in [0.2, 0.25) is 0 Å². The molecule has 7 heteroatoms. The Bertz CT molecular complexity index is 564. The first kappa shape index (κ1) is 11.9. The molecule has 1 fully saturated rings. The molecular formula is C11H11Cl2N5. The van der Waals surface area contributed by atoms with E-state index >= 15 is 0 Å². The smallest absolute Gasteiger partial charge is 0.170 e. The van der Waals surface area contributed by atoms with Crippen LogP contribution in [-0.2, 0) is 6.54 Å². The molecule has 0 radical (unpaired) electrons. The number of aromatic nitrogens is 4. The number of tetrazole rings is 1. The molecule has 2 aromatic rings. The minimum absolute atomic E-state index is 0.458. The summed E-state index contributed by atoms with van der Waals surface area (Å²) in [6.07, 6.45) is 2.44. The van der Waals surface area contributed by atoms with Gasteiger partial charge in [-0.05, 0) is 35.4 Å². The van der Waals surface area contributed by atoms with Crippen molar-refractivity contribution in [3.8, 4) is 5.69 Å². The van der Waals surface area contributed by atoms with Crippen molar-refractivity contribution in [3.63, 3.8) is 0 Å². The van der Waals surface area contributed by atoms with Gasteiger partial charge in [-0.15, -0.1) is 5.10 Å². The summed E-state index contributed by atoms with van der Waals surface area (Å²) in [6, 6.07) is 6.00. The van der Waals surface area contributed by atoms with E-state index in [4.69, 9.17) is 23.2 Å². The fraction of sp³-hybridized carbons (Fsp3) is 0.364. The molecule has 5 nitrogen and oxygen atoms in total. The number of benzene rings is 1. The summed E-state index contributed by atoms with van der Waals surface area (Å²) < 4.78 is 1.61. The molecule has 1 aromatic heterocycles. The maximum absolute atomic E-state index is 6.16. The number of nitrogens with one attached hydrogen (secondary N) is 1. The summed E-state index contributed by atoms with van der Waals surface area (Å²) in [5.41, 5.74) is 0.696. The number of rotatable bonds is 4. The van der Waals surface area contributed by atoms with Crippen molar-refractivity contribution in [2.24, 2.45) is 0 Å². The standard InChI is InChI=1S/C11H11Cl2N5/c12-8-2-1-3-9(11(8)13)18-10(15-16-17-18)6-14-7-4-5-7/h1-3,7,14H,4-6H2. The van der Waals surface area contributed by atoms with Crippen LogP contribution in [-0.4, -0.2) is 26.2 Å². The second-order valence-corrected chi connectivity index (χ2v) is 5.02. The third kappa shape index (κ3) is 2.34. The van der Waals surface area contributed by atoms with Crippen molar-refractivity contribution in [1.29, 1.82) is 0 Å². The van der Waals surface area contributed by atoms with E-state index in [9.17, 15) is 0 Å². The van der Waals surface area contributed by atoms with E-state index in [2.05, 4.69) is 20.8 Å². The molecule has 0 spiro atoms. The second kappa shape index (κ2) is 4.84. The fourth-order valence-electron chi connectivity index (χ4n) is 1.68. The van der Waals surface area contributed by atoms with Gasteiger partial charge in [-0.1, -0.05) is 29.3 Å². The molecule has 18 heavy (non-hydrogen) atoms. The number of hydrogen-bond acceptors (Lipinski definition) is 4. The number of nitrogens with zero attached hydrogens (tertiary/aromatic N) is 4. The van der Waals surface area contributed by atoms with Crippen LogP contribution in [0.3, 0.4) is 0 Å². The molecular weight excluding hydrogens is 273 g/mol.